The second-order valence-corrected chi connectivity index (χ2v) is 3.67. The van der Waals surface area contributed by atoms with Crippen molar-refractivity contribution >= 4 is 11.6 Å². The molecule has 0 radical (unpaired) electrons. The Morgan fingerprint density at radius 1 is 1.79 bits per heavy atom. The predicted octanol–water partition coefficient (Wildman–Crippen LogP) is 2.23. The molecule has 0 spiro atoms. The molecule has 0 aromatic heterocycles. The van der Waals surface area contributed by atoms with Crippen LogP contribution in [0.1, 0.15) is 6.42 Å². The van der Waals surface area contributed by atoms with Gasteiger partial charge in [-0.05, 0) is 24.6 Å². The molecule has 1 atom stereocenters. The van der Waals surface area contributed by atoms with Crippen molar-refractivity contribution in [3.8, 4) is 0 Å². The van der Waals surface area contributed by atoms with Crippen LogP contribution in [0.2, 0.25) is 0 Å². The molecule has 3 heteroatoms. The first-order valence-corrected chi connectivity index (χ1v) is 5.05. The maximum absolute atomic E-state index is 5.92. The summed E-state index contributed by atoms with van der Waals surface area (Å²) in [6.45, 7) is 9.01. The average Bonchev–Trinajstić information content (AvgIpc) is 2.18. The summed E-state index contributed by atoms with van der Waals surface area (Å²) in [7, 11) is 1.90. The fraction of sp³-hybridized carbons (Fsp3) is 0.455. The molecule has 0 aromatic rings. The minimum Gasteiger partial charge on any atom is -0.372 e. The van der Waals surface area contributed by atoms with Crippen LogP contribution in [0, 0.1) is 0 Å². The van der Waals surface area contributed by atoms with E-state index in [2.05, 4.69) is 18.5 Å². The molecular formula is C11H16ClNO. The monoisotopic (exact) mass is 213 g/mol. The van der Waals surface area contributed by atoms with Gasteiger partial charge in [0.15, 0.2) is 0 Å². The molecule has 0 bridgehead atoms. The van der Waals surface area contributed by atoms with E-state index in [0.29, 0.717) is 11.6 Å². The molecule has 2 nitrogen and oxygen atoms in total. The Balaban J connectivity index is 2.94. The molecule has 0 aromatic carbocycles. The van der Waals surface area contributed by atoms with E-state index >= 15 is 0 Å². The lowest BCUT2D eigenvalue weighted by Crippen LogP contribution is -2.32. The molecule has 0 aliphatic carbocycles. The zero-order valence-corrected chi connectivity index (χ0v) is 9.23. The van der Waals surface area contributed by atoms with Crippen molar-refractivity contribution in [1.29, 1.82) is 0 Å². The second kappa shape index (κ2) is 5.35. The lowest BCUT2D eigenvalue weighted by Gasteiger charge is -2.27. The van der Waals surface area contributed by atoms with E-state index < -0.39 is 0 Å². The molecule has 0 saturated heterocycles. The molecule has 1 rings (SSSR count). The van der Waals surface area contributed by atoms with E-state index in [-0.39, 0.29) is 6.10 Å². The Kier molecular flexibility index (Phi) is 4.39. The number of rotatable bonds is 4. The summed E-state index contributed by atoms with van der Waals surface area (Å²) >= 11 is 5.92. The quantitative estimate of drug-likeness (QED) is 0.774. The van der Waals surface area contributed by atoms with Gasteiger partial charge in [0.25, 0.3) is 0 Å². The molecule has 1 N–H and O–H groups in total. The highest BCUT2D eigenvalue weighted by Gasteiger charge is 2.21. The van der Waals surface area contributed by atoms with Crippen molar-refractivity contribution in [3.05, 3.63) is 35.4 Å². The van der Waals surface area contributed by atoms with Gasteiger partial charge in [0.2, 0.25) is 0 Å². The van der Waals surface area contributed by atoms with Gasteiger partial charge in [-0.15, -0.1) is 0 Å². The van der Waals surface area contributed by atoms with E-state index in [4.69, 9.17) is 16.3 Å². The van der Waals surface area contributed by atoms with Crippen LogP contribution in [0.4, 0.5) is 0 Å². The van der Waals surface area contributed by atoms with Gasteiger partial charge in [-0.25, -0.2) is 0 Å². The first-order chi connectivity index (χ1) is 6.70. The summed E-state index contributed by atoms with van der Waals surface area (Å²) in [4.78, 5) is 0. The molecule has 0 fully saturated rings. The summed E-state index contributed by atoms with van der Waals surface area (Å²) in [5.41, 5.74) is 2.14. The Labute approximate surface area is 90.3 Å². The highest BCUT2D eigenvalue weighted by atomic mass is 35.5. The molecule has 1 aliphatic rings. The van der Waals surface area contributed by atoms with Crippen molar-refractivity contribution in [2.75, 3.05) is 20.2 Å². The first kappa shape index (κ1) is 11.5. The van der Waals surface area contributed by atoms with E-state index in [1.54, 1.807) is 0 Å². The lowest BCUT2D eigenvalue weighted by atomic mass is 9.97. The average molecular weight is 214 g/mol. The van der Waals surface area contributed by atoms with E-state index in [9.17, 15) is 0 Å². The van der Waals surface area contributed by atoms with Crippen LogP contribution in [0.25, 0.3) is 0 Å². The molecular weight excluding hydrogens is 198 g/mol. The second-order valence-electron chi connectivity index (χ2n) is 3.21. The standard InChI is InChI=1S/C11H16ClNO/c1-4-9-10(8(2)12)5-6-14-11(9)7-13-3/h4,11,13H,1-2,5-7H2,3H3. The number of allylic oxidation sites excluding steroid dienone is 1. The third kappa shape index (κ3) is 2.47. The summed E-state index contributed by atoms with van der Waals surface area (Å²) in [5, 5.41) is 3.68. The van der Waals surface area contributed by atoms with Gasteiger partial charge in [0.05, 0.1) is 12.7 Å². The zero-order valence-electron chi connectivity index (χ0n) is 8.48. The van der Waals surface area contributed by atoms with Gasteiger partial charge in [-0.2, -0.15) is 0 Å². The van der Waals surface area contributed by atoms with Gasteiger partial charge in [-0.1, -0.05) is 30.8 Å². The topological polar surface area (TPSA) is 21.3 Å². The Hall–Kier alpha value is -0.570. The number of likely N-dealkylation sites (N-methyl/N-ethyl adjacent to an activating group) is 1. The summed E-state index contributed by atoms with van der Waals surface area (Å²) < 4.78 is 5.61. The smallest absolute Gasteiger partial charge is 0.0952 e. The number of halogens is 1. The van der Waals surface area contributed by atoms with Crippen LogP contribution < -0.4 is 5.32 Å². The van der Waals surface area contributed by atoms with Crippen LogP contribution in [0.3, 0.4) is 0 Å². The van der Waals surface area contributed by atoms with Crippen molar-refractivity contribution in [2.45, 2.75) is 12.5 Å². The molecule has 14 heavy (non-hydrogen) atoms. The lowest BCUT2D eigenvalue weighted by molar-refractivity contribution is 0.0722. The third-order valence-corrected chi connectivity index (χ3v) is 2.53. The molecule has 0 saturated carbocycles. The van der Waals surface area contributed by atoms with Gasteiger partial charge in [-0.3, -0.25) is 0 Å². The highest BCUT2D eigenvalue weighted by molar-refractivity contribution is 6.31. The van der Waals surface area contributed by atoms with Crippen LogP contribution >= 0.6 is 11.6 Å². The van der Waals surface area contributed by atoms with Crippen LogP contribution in [0.15, 0.2) is 35.4 Å². The largest absolute Gasteiger partial charge is 0.372 e. The van der Waals surface area contributed by atoms with Gasteiger partial charge < -0.3 is 10.1 Å². The highest BCUT2D eigenvalue weighted by Crippen LogP contribution is 2.28. The molecule has 0 amide bonds. The molecule has 1 unspecified atom stereocenters. The van der Waals surface area contributed by atoms with Gasteiger partial charge in [0, 0.05) is 11.6 Å². The molecule has 1 aliphatic heterocycles. The van der Waals surface area contributed by atoms with Crippen molar-refractivity contribution in [2.24, 2.45) is 0 Å². The number of hydrogen-bond donors (Lipinski definition) is 1. The fourth-order valence-electron chi connectivity index (χ4n) is 1.63. The summed E-state index contributed by atoms with van der Waals surface area (Å²) in [6.07, 6.45) is 2.69. The van der Waals surface area contributed by atoms with Crippen molar-refractivity contribution in [1.82, 2.24) is 5.32 Å². The Morgan fingerprint density at radius 3 is 3.00 bits per heavy atom. The van der Waals surface area contributed by atoms with Gasteiger partial charge in [0.1, 0.15) is 0 Å². The Bertz CT molecular complexity index is 270. The SMILES string of the molecule is C=CC1=C(C(=C)Cl)CCOC1CNC. The maximum atomic E-state index is 5.92. The molecule has 1 heterocycles. The van der Waals surface area contributed by atoms with Crippen molar-refractivity contribution < 1.29 is 4.74 Å². The van der Waals surface area contributed by atoms with Crippen LogP contribution in [-0.4, -0.2) is 26.3 Å². The summed E-state index contributed by atoms with van der Waals surface area (Å²) in [5.74, 6) is 0. The van der Waals surface area contributed by atoms with Crippen molar-refractivity contribution in [3.63, 3.8) is 0 Å². The molecule has 78 valence electrons. The minimum atomic E-state index is 0.0525. The third-order valence-electron chi connectivity index (χ3n) is 2.30. The predicted molar refractivity (Wildman–Crippen MR) is 60.5 cm³/mol. The first-order valence-electron chi connectivity index (χ1n) is 4.67. The van der Waals surface area contributed by atoms with E-state index in [1.165, 1.54) is 0 Å². The zero-order chi connectivity index (χ0) is 10.6. The normalized spacial score (nSPS) is 22.3. The van der Waals surface area contributed by atoms with Crippen LogP contribution in [0.5, 0.6) is 0 Å². The Morgan fingerprint density at radius 2 is 2.50 bits per heavy atom. The van der Waals surface area contributed by atoms with E-state index in [1.807, 2.05) is 13.1 Å². The number of ether oxygens (including phenoxy) is 1. The van der Waals surface area contributed by atoms with E-state index in [0.717, 1.165) is 24.1 Å². The summed E-state index contributed by atoms with van der Waals surface area (Å²) in [6, 6.07) is 0. The number of hydrogen-bond acceptors (Lipinski definition) is 2. The number of nitrogens with one attached hydrogen (secondary N) is 1. The minimum absolute atomic E-state index is 0.0525. The maximum Gasteiger partial charge on any atom is 0.0952 e. The fourth-order valence-corrected chi connectivity index (χ4v) is 1.84. The van der Waals surface area contributed by atoms with Crippen LogP contribution in [-0.2, 0) is 4.74 Å². The van der Waals surface area contributed by atoms with Gasteiger partial charge >= 0.3 is 0 Å².